The number of carboxylic acids is 1. The smallest absolute Gasteiger partial charge is 0.332 e. The minimum Gasteiger partial charge on any atom is -0.479 e. The second-order valence-electron chi connectivity index (χ2n) is 4.44. The maximum Gasteiger partial charge on any atom is 0.332 e. The average Bonchev–Trinajstić information content (AvgIpc) is 2.86. The van der Waals surface area contributed by atoms with Gasteiger partial charge in [-0.2, -0.15) is 0 Å². The first-order chi connectivity index (χ1) is 9.40. The Bertz CT molecular complexity index is 604. The molecule has 1 aliphatic heterocycles. The van der Waals surface area contributed by atoms with Gasteiger partial charge in [-0.25, -0.2) is 17.9 Å². The van der Waals surface area contributed by atoms with Crippen molar-refractivity contribution in [3.63, 3.8) is 0 Å². The second-order valence-corrected chi connectivity index (χ2v) is 7.03. The van der Waals surface area contributed by atoms with E-state index >= 15 is 0 Å². The fraction of sp³-hybridized carbons (Fsp3) is 0.417. The van der Waals surface area contributed by atoms with E-state index in [1.54, 1.807) is 18.2 Å². The molecular formula is C12H14BrNO5S. The van der Waals surface area contributed by atoms with Crippen LogP contribution in [-0.4, -0.2) is 38.2 Å². The summed E-state index contributed by atoms with van der Waals surface area (Å²) in [5.74, 6) is -1.01. The summed E-state index contributed by atoms with van der Waals surface area (Å²) in [6.07, 6.45) is -0.326. The van der Waals surface area contributed by atoms with Gasteiger partial charge < -0.3 is 9.84 Å². The number of aliphatic carboxylic acids is 1. The van der Waals surface area contributed by atoms with Crippen molar-refractivity contribution in [1.29, 1.82) is 0 Å². The average molecular weight is 364 g/mol. The van der Waals surface area contributed by atoms with Crippen LogP contribution < -0.4 is 4.72 Å². The molecule has 1 saturated heterocycles. The Morgan fingerprint density at radius 1 is 1.40 bits per heavy atom. The lowest BCUT2D eigenvalue weighted by atomic mass is 10.2. The van der Waals surface area contributed by atoms with Crippen molar-refractivity contribution in [2.45, 2.75) is 29.9 Å². The van der Waals surface area contributed by atoms with Crippen LogP contribution in [0.1, 0.15) is 12.8 Å². The number of nitrogens with one attached hydrogen (secondary N) is 1. The van der Waals surface area contributed by atoms with E-state index in [2.05, 4.69) is 20.7 Å². The van der Waals surface area contributed by atoms with Crippen LogP contribution in [0.3, 0.4) is 0 Å². The summed E-state index contributed by atoms with van der Waals surface area (Å²) in [6.45, 7) is 0.0629. The standard InChI is InChI=1S/C12H14BrNO5S/c13-9-3-1-2-4-11(9)20(17,18)14-7-8-5-6-10(19-8)12(15)16/h1-4,8,10,14H,5-7H2,(H,15,16). The quantitative estimate of drug-likeness (QED) is 0.823. The molecule has 6 nitrogen and oxygen atoms in total. The van der Waals surface area contributed by atoms with Gasteiger partial charge in [0.2, 0.25) is 10.0 Å². The highest BCUT2D eigenvalue weighted by molar-refractivity contribution is 9.10. The van der Waals surface area contributed by atoms with Gasteiger partial charge in [0.15, 0.2) is 6.10 Å². The van der Waals surface area contributed by atoms with Crippen LogP contribution in [0.2, 0.25) is 0 Å². The third kappa shape index (κ3) is 3.57. The number of hydrogen-bond donors (Lipinski definition) is 2. The predicted molar refractivity (Wildman–Crippen MR) is 74.9 cm³/mol. The summed E-state index contributed by atoms with van der Waals surface area (Å²) in [4.78, 5) is 10.9. The van der Waals surface area contributed by atoms with Gasteiger partial charge in [0, 0.05) is 11.0 Å². The summed E-state index contributed by atoms with van der Waals surface area (Å²) < 4.78 is 32.4. The van der Waals surface area contributed by atoms with E-state index in [1.807, 2.05) is 0 Å². The molecule has 1 heterocycles. The third-order valence-corrected chi connectivity index (χ3v) is 5.45. The van der Waals surface area contributed by atoms with Gasteiger partial charge in [-0.3, -0.25) is 0 Å². The fourth-order valence-electron chi connectivity index (χ4n) is 1.98. The number of ether oxygens (including phenoxy) is 1. The molecule has 2 N–H and O–H groups in total. The fourth-order valence-corrected chi connectivity index (χ4v) is 4.05. The monoisotopic (exact) mass is 363 g/mol. The molecule has 0 spiro atoms. The van der Waals surface area contributed by atoms with Crippen molar-refractivity contribution in [2.24, 2.45) is 0 Å². The zero-order valence-electron chi connectivity index (χ0n) is 10.5. The molecule has 0 radical (unpaired) electrons. The molecule has 1 aliphatic rings. The first-order valence-electron chi connectivity index (χ1n) is 6.02. The van der Waals surface area contributed by atoms with E-state index in [-0.39, 0.29) is 11.4 Å². The van der Waals surface area contributed by atoms with E-state index in [9.17, 15) is 13.2 Å². The van der Waals surface area contributed by atoms with Crippen LogP contribution in [0, 0.1) is 0 Å². The van der Waals surface area contributed by atoms with E-state index in [4.69, 9.17) is 9.84 Å². The maximum atomic E-state index is 12.1. The van der Waals surface area contributed by atoms with Gasteiger partial charge in [-0.15, -0.1) is 0 Å². The largest absolute Gasteiger partial charge is 0.479 e. The third-order valence-electron chi connectivity index (χ3n) is 3.01. The van der Waals surface area contributed by atoms with Gasteiger partial charge in [0.05, 0.1) is 11.0 Å². The maximum absolute atomic E-state index is 12.1. The highest BCUT2D eigenvalue weighted by Crippen LogP contribution is 2.22. The second kappa shape index (κ2) is 6.21. The summed E-state index contributed by atoms with van der Waals surface area (Å²) in [7, 11) is -3.64. The normalized spacial score (nSPS) is 22.9. The molecule has 0 amide bonds. The molecule has 0 bridgehead atoms. The molecular weight excluding hydrogens is 350 g/mol. The summed E-state index contributed by atoms with van der Waals surface area (Å²) in [5, 5.41) is 8.80. The Morgan fingerprint density at radius 3 is 2.70 bits per heavy atom. The predicted octanol–water partition coefficient (Wildman–Crippen LogP) is 1.36. The topological polar surface area (TPSA) is 92.7 Å². The van der Waals surface area contributed by atoms with Gasteiger partial charge >= 0.3 is 5.97 Å². The number of halogens is 1. The Labute approximate surface area is 125 Å². The molecule has 1 fully saturated rings. The minimum absolute atomic E-state index is 0.0629. The zero-order valence-corrected chi connectivity index (χ0v) is 12.9. The molecule has 1 aromatic carbocycles. The number of carbonyl (C=O) groups is 1. The first-order valence-corrected chi connectivity index (χ1v) is 8.30. The van der Waals surface area contributed by atoms with Gasteiger partial charge in [-0.1, -0.05) is 12.1 Å². The molecule has 2 unspecified atom stereocenters. The lowest BCUT2D eigenvalue weighted by Gasteiger charge is -2.13. The van der Waals surface area contributed by atoms with Crippen molar-refractivity contribution in [3.05, 3.63) is 28.7 Å². The molecule has 0 aromatic heterocycles. The Morgan fingerprint density at radius 2 is 2.10 bits per heavy atom. The lowest BCUT2D eigenvalue weighted by Crippen LogP contribution is -2.33. The SMILES string of the molecule is O=C(O)C1CCC(CNS(=O)(=O)c2ccccc2Br)O1. The van der Waals surface area contributed by atoms with Crippen LogP contribution in [0.4, 0.5) is 0 Å². The number of benzene rings is 1. The summed E-state index contributed by atoms with van der Waals surface area (Å²) in [6, 6.07) is 6.48. The summed E-state index contributed by atoms with van der Waals surface area (Å²) in [5.41, 5.74) is 0. The van der Waals surface area contributed by atoms with Crippen molar-refractivity contribution < 1.29 is 23.1 Å². The summed E-state index contributed by atoms with van der Waals surface area (Å²) >= 11 is 3.19. The molecule has 0 saturated carbocycles. The molecule has 8 heteroatoms. The molecule has 20 heavy (non-hydrogen) atoms. The number of hydrogen-bond acceptors (Lipinski definition) is 4. The Kier molecular flexibility index (Phi) is 4.79. The van der Waals surface area contributed by atoms with Gasteiger partial charge in [0.25, 0.3) is 0 Å². The van der Waals surface area contributed by atoms with E-state index in [1.165, 1.54) is 6.07 Å². The van der Waals surface area contributed by atoms with Crippen LogP contribution >= 0.6 is 15.9 Å². The van der Waals surface area contributed by atoms with E-state index in [0.717, 1.165) is 0 Å². The van der Waals surface area contributed by atoms with Crippen molar-refractivity contribution in [1.82, 2.24) is 4.72 Å². The van der Waals surface area contributed by atoms with Gasteiger partial charge in [-0.05, 0) is 40.9 Å². The van der Waals surface area contributed by atoms with Crippen LogP contribution in [-0.2, 0) is 19.6 Å². The number of sulfonamides is 1. The molecule has 1 aromatic rings. The van der Waals surface area contributed by atoms with Crippen LogP contribution in [0.5, 0.6) is 0 Å². The van der Waals surface area contributed by atoms with Gasteiger partial charge in [0.1, 0.15) is 0 Å². The molecule has 2 rings (SSSR count). The minimum atomic E-state index is -3.64. The Balaban J connectivity index is 1.98. The number of rotatable bonds is 5. The molecule has 110 valence electrons. The Hall–Kier alpha value is -0.960. The van der Waals surface area contributed by atoms with Crippen molar-refractivity contribution in [2.75, 3.05) is 6.54 Å². The van der Waals surface area contributed by atoms with E-state index in [0.29, 0.717) is 17.3 Å². The highest BCUT2D eigenvalue weighted by atomic mass is 79.9. The van der Waals surface area contributed by atoms with E-state index < -0.39 is 28.2 Å². The van der Waals surface area contributed by atoms with Crippen LogP contribution in [0.15, 0.2) is 33.6 Å². The highest BCUT2D eigenvalue weighted by Gasteiger charge is 2.31. The van der Waals surface area contributed by atoms with Crippen LogP contribution in [0.25, 0.3) is 0 Å². The lowest BCUT2D eigenvalue weighted by molar-refractivity contribution is -0.149. The number of carboxylic acid groups (broad SMARTS) is 1. The zero-order chi connectivity index (χ0) is 14.8. The molecule has 2 atom stereocenters. The first kappa shape index (κ1) is 15.4. The van der Waals surface area contributed by atoms with Crippen molar-refractivity contribution in [3.8, 4) is 0 Å². The van der Waals surface area contributed by atoms with Crippen molar-refractivity contribution >= 4 is 31.9 Å². The molecule has 0 aliphatic carbocycles.